The molecule has 22 heavy (non-hydrogen) atoms. The zero-order valence-corrected chi connectivity index (χ0v) is 11.1. The van der Waals surface area contributed by atoms with Gasteiger partial charge < -0.3 is 22.0 Å². The monoisotopic (exact) mass is 341 g/mol. The van der Waals surface area contributed by atoms with Gasteiger partial charge in [-0.25, -0.2) is 14.8 Å². The molecule has 0 unspecified atom stereocenters. The minimum atomic E-state index is -5.25. The smallest absolute Gasteiger partial charge is 0.382 e. The molecule has 1 rings (SSSR count). The Labute approximate surface area is 124 Å². The van der Waals surface area contributed by atoms with Crippen LogP contribution in [0.25, 0.3) is 0 Å². The molecule has 0 atom stereocenters. The standard InChI is InChI=1S/C8H7ClF3N7O3/c9-2-4(14)17-3(13)1(16-2)5(20)18-7(15)19-22-6(21)8(10,11)12/h(H4,13,14,17)(H3,15,18,19,20). The minimum absolute atomic E-state index is 0.245. The van der Waals surface area contributed by atoms with E-state index in [4.69, 9.17) is 28.8 Å². The third-order valence-corrected chi connectivity index (χ3v) is 2.09. The molecule has 1 aromatic heterocycles. The number of nitrogen functional groups attached to an aromatic ring is 2. The summed E-state index contributed by atoms with van der Waals surface area (Å²) in [7, 11) is 0. The first-order valence-electron chi connectivity index (χ1n) is 5.03. The lowest BCUT2D eigenvalue weighted by molar-refractivity contribution is -0.203. The molecule has 0 aromatic carbocycles. The zero-order chi connectivity index (χ0) is 17.1. The Balaban J connectivity index is 2.83. The summed E-state index contributed by atoms with van der Waals surface area (Å²) in [4.78, 5) is 35.6. The van der Waals surface area contributed by atoms with E-state index in [-0.39, 0.29) is 11.0 Å². The molecule has 7 N–H and O–H groups in total. The van der Waals surface area contributed by atoms with E-state index in [1.54, 1.807) is 0 Å². The fraction of sp³-hybridized carbons (Fsp3) is 0.125. The van der Waals surface area contributed by atoms with Gasteiger partial charge in [0.25, 0.3) is 0 Å². The first-order valence-corrected chi connectivity index (χ1v) is 5.41. The highest BCUT2D eigenvalue weighted by molar-refractivity contribution is 6.31. The highest BCUT2D eigenvalue weighted by Crippen LogP contribution is 2.18. The summed E-state index contributed by atoms with van der Waals surface area (Å²) < 4.78 is 35.5. The van der Waals surface area contributed by atoms with Gasteiger partial charge in [-0.05, 0) is 0 Å². The van der Waals surface area contributed by atoms with Gasteiger partial charge in [-0.1, -0.05) is 11.6 Å². The van der Waals surface area contributed by atoms with Crippen LogP contribution in [0.15, 0.2) is 4.99 Å². The van der Waals surface area contributed by atoms with E-state index in [2.05, 4.69) is 19.8 Å². The van der Waals surface area contributed by atoms with E-state index in [0.717, 1.165) is 0 Å². The summed E-state index contributed by atoms with van der Waals surface area (Å²) in [5.74, 6) is -5.44. The number of aliphatic imine (C=N–C) groups is 1. The van der Waals surface area contributed by atoms with Crippen molar-refractivity contribution in [3.8, 4) is 0 Å². The Kier molecular flexibility index (Phi) is 4.93. The van der Waals surface area contributed by atoms with E-state index in [1.165, 1.54) is 5.48 Å². The SMILES string of the molecule is NC(=NC(=O)c1nc(Cl)c(N)nc1N)NOC(=O)C(F)(F)F. The normalized spacial score (nSPS) is 11.9. The molecule has 1 amide bonds. The van der Waals surface area contributed by atoms with E-state index in [0.29, 0.717) is 0 Å². The molecule has 0 aliphatic rings. The van der Waals surface area contributed by atoms with Gasteiger partial charge in [-0.3, -0.25) is 4.79 Å². The number of nitrogens with one attached hydrogen (secondary N) is 1. The number of halogens is 4. The van der Waals surface area contributed by atoms with Gasteiger partial charge in [-0.2, -0.15) is 23.6 Å². The topological polar surface area (TPSA) is 172 Å². The highest BCUT2D eigenvalue weighted by atomic mass is 35.5. The maximum atomic E-state index is 11.8. The summed E-state index contributed by atoms with van der Waals surface area (Å²) in [6, 6.07) is 0. The molecule has 0 spiro atoms. The molecule has 14 heteroatoms. The Hall–Kier alpha value is -2.83. The number of anilines is 2. The van der Waals surface area contributed by atoms with Crippen molar-refractivity contribution in [2.75, 3.05) is 11.5 Å². The van der Waals surface area contributed by atoms with Crippen molar-refractivity contribution in [1.29, 1.82) is 0 Å². The highest BCUT2D eigenvalue weighted by Gasteiger charge is 2.41. The van der Waals surface area contributed by atoms with Gasteiger partial charge in [0.15, 0.2) is 22.5 Å². The number of hydroxylamine groups is 1. The van der Waals surface area contributed by atoms with Crippen molar-refractivity contribution >= 4 is 41.1 Å². The minimum Gasteiger partial charge on any atom is -0.382 e. The van der Waals surface area contributed by atoms with E-state index >= 15 is 0 Å². The molecule has 10 nitrogen and oxygen atoms in total. The first kappa shape index (κ1) is 17.2. The van der Waals surface area contributed by atoms with Crippen LogP contribution in [-0.2, 0) is 9.63 Å². The molecule has 1 aromatic rings. The number of rotatable bonds is 1. The number of guanidine groups is 1. The van der Waals surface area contributed by atoms with Crippen LogP contribution in [0.3, 0.4) is 0 Å². The fourth-order valence-corrected chi connectivity index (χ4v) is 1.07. The van der Waals surface area contributed by atoms with E-state index in [1.807, 2.05) is 0 Å². The molecule has 0 fully saturated rings. The number of aromatic nitrogens is 2. The number of nitrogens with two attached hydrogens (primary N) is 3. The number of hydrogen-bond acceptors (Lipinski definition) is 7. The van der Waals surface area contributed by atoms with Crippen molar-refractivity contribution < 1.29 is 27.6 Å². The average molecular weight is 342 g/mol. The first-order chi connectivity index (χ1) is 10.0. The number of carbonyl (C=O) groups excluding carboxylic acids is 2. The van der Waals surface area contributed by atoms with Gasteiger partial charge >= 0.3 is 18.1 Å². The lowest BCUT2D eigenvalue weighted by atomic mass is 10.4. The van der Waals surface area contributed by atoms with Crippen LogP contribution in [-0.4, -0.2) is 34.0 Å². The van der Waals surface area contributed by atoms with Gasteiger partial charge in [0.1, 0.15) is 0 Å². The van der Waals surface area contributed by atoms with Crippen molar-refractivity contribution in [1.82, 2.24) is 15.4 Å². The molecule has 0 aliphatic carbocycles. The molecule has 120 valence electrons. The molecular formula is C8H7ClF3N7O3. The molecule has 0 bridgehead atoms. The van der Waals surface area contributed by atoms with Crippen LogP contribution >= 0.6 is 11.6 Å². The van der Waals surface area contributed by atoms with Gasteiger partial charge in [0.2, 0.25) is 5.96 Å². The summed E-state index contributed by atoms with van der Waals surface area (Å²) in [6.45, 7) is 0. The third kappa shape index (κ3) is 4.34. The quantitative estimate of drug-likeness (QED) is 0.294. The van der Waals surface area contributed by atoms with Crippen LogP contribution in [0.5, 0.6) is 0 Å². The largest absolute Gasteiger partial charge is 0.493 e. The van der Waals surface area contributed by atoms with Gasteiger partial charge in [0.05, 0.1) is 0 Å². The summed E-state index contributed by atoms with van der Waals surface area (Å²) in [5, 5.41) is -0.345. The second-order valence-electron chi connectivity index (χ2n) is 3.43. The Morgan fingerprint density at radius 3 is 2.36 bits per heavy atom. The number of hydrogen-bond donors (Lipinski definition) is 4. The number of alkyl halides is 3. The van der Waals surface area contributed by atoms with Gasteiger partial charge in [-0.15, -0.1) is 0 Å². The van der Waals surface area contributed by atoms with Crippen LogP contribution in [0.2, 0.25) is 5.15 Å². The average Bonchev–Trinajstić information content (AvgIpc) is 2.38. The second-order valence-corrected chi connectivity index (χ2v) is 3.78. The molecule has 0 saturated heterocycles. The number of carbonyl (C=O) groups is 2. The Morgan fingerprint density at radius 1 is 1.23 bits per heavy atom. The van der Waals surface area contributed by atoms with E-state index in [9.17, 15) is 22.8 Å². The van der Waals surface area contributed by atoms with Crippen LogP contribution in [0.1, 0.15) is 10.5 Å². The second kappa shape index (κ2) is 6.30. The fourth-order valence-electron chi connectivity index (χ4n) is 0.941. The van der Waals surface area contributed by atoms with Crippen molar-refractivity contribution in [2.24, 2.45) is 10.7 Å². The van der Waals surface area contributed by atoms with E-state index < -0.39 is 35.5 Å². The Morgan fingerprint density at radius 2 is 1.82 bits per heavy atom. The van der Waals surface area contributed by atoms with Gasteiger partial charge in [0, 0.05) is 0 Å². The lowest BCUT2D eigenvalue weighted by Gasteiger charge is -2.07. The molecule has 0 radical (unpaired) electrons. The third-order valence-electron chi connectivity index (χ3n) is 1.81. The lowest BCUT2D eigenvalue weighted by Crippen LogP contribution is -2.38. The maximum Gasteiger partial charge on any atom is 0.493 e. The predicted molar refractivity (Wildman–Crippen MR) is 67.1 cm³/mol. The molecular weight excluding hydrogens is 335 g/mol. The molecule has 0 saturated carbocycles. The van der Waals surface area contributed by atoms with Crippen molar-refractivity contribution in [3.05, 3.63) is 10.8 Å². The summed E-state index contributed by atoms with van der Waals surface area (Å²) in [5.41, 5.74) is 16.5. The maximum absolute atomic E-state index is 11.8. The zero-order valence-electron chi connectivity index (χ0n) is 10.3. The number of amides is 1. The van der Waals surface area contributed by atoms with Crippen molar-refractivity contribution in [3.63, 3.8) is 0 Å². The van der Waals surface area contributed by atoms with Crippen LogP contribution in [0, 0.1) is 0 Å². The summed E-state index contributed by atoms with van der Waals surface area (Å²) in [6.07, 6.45) is -5.25. The Bertz CT molecular complexity index is 649. The summed E-state index contributed by atoms with van der Waals surface area (Å²) >= 11 is 5.52. The molecule has 0 aliphatic heterocycles. The predicted octanol–water partition coefficient (Wildman–Crippen LogP) is -0.641. The van der Waals surface area contributed by atoms with Crippen LogP contribution < -0.4 is 22.7 Å². The number of nitrogens with zero attached hydrogens (tertiary/aromatic N) is 3. The van der Waals surface area contributed by atoms with Crippen molar-refractivity contribution in [2.45, 2.75) is 6.18 Å². The van der Waals surface area contributed by atoms with Crippen LogP contribution in [0.4, 0.5) is 24.8 Å². The molecule has 1 heterocycles.